The fourth-order valence-electron chi connectivity index (χ4n) is 1.44. The Kier molecular flexibility index (Phi) is 4.21. The highest BCUT2D eigenvalue weighted by molar-refractivity contribution is 9.10. The zero-order valence-corrected chi connectivity index (χ0v) is 12.9. The lowest BCUT2D eigenvalue weighted by Gasteiger charge is -2.10. The number of nitrogens with two attached hydrogens (primary N) is 1. The molecule has 2 aromatic rings. The molecule has 0 aliphatic rings. The van der Waals surface area contributed by atoms with Crippen LogP contribution in [0.1, 0.15) is 5.56 Å². The Labute approximate surface area is 124 Å². The summed E-state index contributed by atoms with van der Waals surface area (Å²) in [6, 6.07) is 5.30. The van der Waals surface area contributed by atoms with Gasteiger partial charge in [0.2, 0.25) is 5.95 Å². The minimum Gasteiger partial charge on any atom is -0.292 e. The van der Waals surface area contributed by atoms with Crippen LogP contribution in [0.5, 0.6) is 0 Å². The first-order chi connectivity index (χ1) is 9.42. The van der Waals surface area contributed by atoms with Crippen LogP contribution >= 0.6 is 15.9 Å². The topological polar surface area (TPSA) is 110 Å². The van der Waals surface area contributed by atoms with Crippen molar-refractivity contribution in [2.45, 2.75) is 11.8 Å². The van der Waals surface area contributed by atoms with Gasteiger partial charge in [0.05, 0.1) is 18.1 Å². The minimum atomic E-state index is -3.75. The highest BCUT2D eigenvalue weighted by Crippen LogP contribution is 2.25. The van der Waals surface area contributed by atoms with Gasteiger partial charge >= 0.3 is 0 Å². The highest BCUT2D eigenvalue weighted by atomic mass is 79.9. The number of aryl methyl sites for hydroxylation is 1. The molecule has 4 N–H and O–H groups in total. The third-order valence-electron chi connectivity index (χ3n) is 2.44. The number of aromatic nitrogens is 2. The molecule has 0 amide bonds. The number of hydrazine groups is 1. The Bertz CT molecular complexity index is 718. The smallest absolute Gasteiger partial charge is 0.265 e. The number of halogens is 1. The average Bonchev–Trinajstić information content (AvgIpc) is 2.42. The van der Waals surface area contributed by atoms with Gasteiger partial charge in [-0.05, 0) is 40.5 Å². The number of hydrogen-bond donors (Lipinski definition) is 3. The van der Waals surface area contributed by atoms with Gasteiger partial charge in [0.1, 0.15) is 4.90 Å². The van der Waals surface area contributed by atoms with Crippen molar-refractivity contribution in [2.24, 2.45) is 5.84 Å². The number of hydrogen-bond acceptors (Lipinski definition) is 6. The van der Waals surface area contributed by atoms with Crippen molar-refractivity contribution < 1.29 is 8.42 Å². The van der Waals surface area contributed by atoms with E-state index in [1.54, 1.807) is 12.1 Å². The van der Waals surface area contributed by atoms with E-state index < -0.39 is 10.0 Å². The van der Waals surface area contributed by atoms with Gasteiger partial charge in [-0.3, -0.25) is 10.1 Å². The first-order valence-corrected chi connectivity index (χ1v) is 7.77. The van der Waals surface area contributed by atoms with Gasteiger partial charge in [-0.25, -0.2) is 24.2 Å². The van der Waals surface area contributed by atoms with E-state index >= 15 is 0 Å². The van der Waals surface area contributed by atoms with E-state index in [0.29, 0.717) is 10.2 Å². The predicted octanol–water partition coefficient (Wildman–Crippen LogP) is 1.63. The molecule has 0 unspecified atom stereocenters. The number of rotatable bonds is 4. The lowest BCUT2D eigenvalue weighted by atomic mass is 10.2. The minimum absolute atomic E-state index is 0.0519. The third-order valence-corrected chi connectivity index (χ3v) is 4.41. The Morgan fingerprint density at radius 2 is 1.90 bits per heavy atom. The third kappa shape index (κ3) is 3.24. The molecule has 1 aromatic carbocycles. The summed E-state index contributed by atoms with van der Waals surface area (Å²) in [4.78, 5) is 7.48. The van der Waals surface area contributed by atoms with Crippen LogP contribution in [0.25, 0.3) is 0 Å². The zero-order chi connectivity index (χ0) is 14.8. The van der Waals surface area contributed by atoms with E-state index in [9.17, 15) is 8.42 Å². The van der Waals surface area contributed by atoms with Crippen molar-refractivity contribution in [1.82, 2.24) is 9.97 Å². The molecule has 106 valence electrons. The molecular formula is C11H12BrN5O2S. The summed E-state index contributed by atoms with van der Waals surface area (Å²) in [5, 5.41) is 0. The van der Waals surface area contributed by atoms with Crippen molar-refractivity contribution in [2.75, 3.05) is 10.1 Å². The highest BCUT2D eigenvalue weighted by Gasteiger charge is 2.16. The van der Waals surface area contributed by atoms with Crippen molar-refractivity contribution in [3.05, 3.63) is 40.6 Å². The molecular weight excluding hydrogens is 346 g/mol. The summed E-state index contributed by atoms with van der Waals surface area (Å²) < 4.78 is 27.5. The van der Waals surface area contributed by atoms with Gasteiger partial charge in [0, 0.05) is 4.47 Å². The number of benzene rings is 1. The molecule has 7 nitrogen and oxygen atoms in total. The van der Waals surface area contributed by atoms with Crippen LogP contribution in [0, 0.1) is 6.92 Å². The first-order valence-electron chi connectivity index (χ1n) is 5.50. The molecule has 1 aromatic heterocycles. The number of sulfonamides is 1. The molecule has 0 saturated heterocycles. The van der Waals surface area contributed by atoms with Crippen LogP contribution in [0.15, 0.2) is 40.0 Å². The van der Waals surface area contributed by atoms with Gasteiger partial charge < -0.3 is 0 Å². The summed E-state index contributed by atoms with van der Waals surface area (Å²) >= 11 is 3.31. The Morgan fingerprint density at radius 3 is 2.45 bits per heavy atom. The van der Waals surface area contributed by atoms with Crippen LogP contribution in [0.3, 0.4) is 0 Å². The second kappa shape index (κ2) is 5.73. The quantitative estimate of drug-likeness (QED) is 0.566. The normalized spacial score (nSPS) is 11.2. The van der Waals surface area contributed by atoms with Gasteiger partial charge in [0.25, 0.3) is 10.0 Å². The second-order valence-corrected chi connectivity index (χ2v) is 6.51. The maximum absolute atomic E-state index is 12.2. The van der Waals surface area contributed by atoms with Gasteiger partial charge in [-0.1, -0.05) is 6.07 Å². The van der Waals surface area contributed by atoms with Crippen molar-refractivity contribution in [3.63, 3.8) is 0 Å². The molecule has 0 spiro atoms. The lowest BCUT2D eigenvalue weighted by molar-refractivity contribution is 0.600. The molecule has 2 rings (SSSR count). The zero-order valence-electron chi connectivity index (χ0n) is 10.5. The number of nitrogen functional groups attached to an aromatic ring is 1. The largest absolute Gasteiger partial charge is 0.292 e. The summed E-state index contributed by atoms with van der Waals surface area (Å²) in [6.07, 6.45) is 2.35. The molecule has 0 aliphatic carbocycles. The van der Waals surface area contributed by atoms with Crippen LogP contribution in [-0.4, -0.2) is 18.4 Å². The van der Waals surface area contributed by atoms with E-state index in [-0.39, 0.29) is 10.8 Å². The second-order valence-electron chi connectivity index (χ2n) is 3.98. The van der Waals surface area contributed by atoms with Crippen molar-refractivity contribution in [1.29, 1.82) is 0 Å². The van der Waals surface area contributed by atoms with Crippen molar-refractivity contribution >= 4 is 37.6 Å². The Balaban J connectivity index is 2.30. The molecule has 0 bridgehead atoms. The maximum Gasteiger partial charge on any atom is 0.265 e. The van der Waals surface area contributed by atoms with Gasteiger partial charge in [0.15, 0.2) is 0 Å². The van der Waals surface area contributed by atoms with Crippen LogP contribution < -0.4 is 16.0 Å². The van der Waals surface area contributed by atoms with E-state index in [0.717, 1.165) is 5.56 Å². The van der Waals surface area contributed by atoms with Crippen LogP contribution in [-0.2, 0) is 10.0 Å². The lowest BCUT2D eigenvalue weighted by Crippen LogP contribution is -2.15. The predicted molar refractivity (Wildman–Crippen MR) is 79.5 cm³/mol. The first kappa shape index (κ1) is 14.7. The maximum atomic E-state index is 12.2. The fraction of sp³-hybridized carbons (Fsp3) is 0.0909. The Hall–Kier alpha value is -1.71. The molecule has 1 heterocycles. The molecule has 9 heteroatoms. The SMILES string of the molecule is Cc1ccc(NS(=O)(=O)c2cnc(NN)nc2)c(Br)c1. The van der Waals surface area contributed by atoms with E-state index in [1.165, 1.54) is 12.4 Å². The molecule has 0 fully saturated rings. The summed E-state index contributed by atoms with van der Waals surface area (Å²) in [5.74, 6) is 5.26. The summed E-state index contributed by atoms with van der Waals surface area (Å²) in [6.45, 7) is 1.91. The molecule has 0 saturated carbocycles. The van der Waals surface area contributed by atoms with Crippen LogP contribution in [0.2, 0.25) is 0 Å². The van der Waals surface area contributed by atoms with E-state index in [4.69, 9.17) is 5.84 Å². The standard InChI is InChI=1S/C11H12BrN5O2S/c1-7-2-3-10(9(12)4-7)17-20(18,19)8-5-14-11(16-13)15-6-8/h2-6,17H,13H2,1H3,(H,14,15,16). The number of anilines is 2. The van der Waals surface area contributed by atoms with Gasteiger partial charge in [-0.15, -0.1) is 0 Å². The van der Waals surface area contributed by atoms with E-state index in [2.05, 4.69) is 36.0 Å². The molecule has 0 radical (unpaired) electrons. The van der Waals surface area contributed by atoms with Crippen molar-refractivity contribution in [3.8, 4) is 0 Å². The summed E-state index contributed by atoms with van der Waals surface area (Å²) in [5.41, 5.74) is 3.68. The van der Waals surface area contributed by atoms with Crippen LogP contribution in [0.4, 0.5) is 11.6 Å². The molecule has 0 atom stereocenters. The Morgan fingerprint density at radius 1 is 1.25 bits per heavy atom. The van der Waals surface area contributed by atoms with Gasteiger partial charge in [-0.2, -0.15) is 0 Å². The molecule has 20 heavy (non-hydrogen) atoms. The average molecular weight is 358 g/mol. The monoisotopic (exact) mass is 357 g/mol. The van der Waals surface area contributed by atoms with E-state index in [1.807, 2.05) is 13.0 Å². The number of nitrogens with zero attached hydrogens (tertiary/aromatic N) is 2. The summed E-state index contributed by atoms with van der Waals surface area (Å²) in [7, 11) is -3.75. The molecule has 0 aliphatic heterocycles. The fourth-order valence-corrected chi connectivity index (χ4v) is 3.13. The number of nitrogens with one attached hydrogen (secondary N) is 2.